The van der Waals surface area contributed by atoms with E-state index in [0.29, 0.717) is 17.0 Å². The predicted molar refractivity (Wildman–Crippen MR) is 87.6 cm³/mol. The van der Waals surface area contributed by atoms with Gasteiger partial charge in [0.05, 0.1) is 4.92 Å². The summed E-state index contributed by atoms with van der Waals surface area (Å²) < 4.78 is 0. The number of non-ortho nitro benzene ring substituents is 1. The number of rotatable bonds is 4. The summed E-state index contributed by atoms with van der Waals surface area (Å²) in [4.78, 5) is 24.7. The molecule has 0 aromatic heterocycles. The summed E-state index contributed by atoms with van der Waals surface area (Å²) in [5, 5.41) is 13.9. The molecule has 1 aliphatic heterocycles. The number of piperidine rings is 1. The van der Waals surface area contributed by atoms with Gasteiger partial charge in [-0.2, -0.15) is 0 Å². The lowest BCUT2D eigenvalue weighted by Crippen LogP contribution is -2.40. The molecule has 1 amide bonds. The molecule has 0 bridgehead atoms. The smallest absolute Gasteiger partial charge is 0.269 e. The SMILES string of the molecule is CNCC1CCN(C(=O)c2ccc([N+](=O)[O-])cc2C)CC1.Cl. The quantitative estimate of drug-likeness (QED) is 0.680. The van der Waals surface area contributed by atoms with Crippen molar-refractivity contribution in [1.29, 1.82) is 0 Å². The van der Waals surface area contributed by atoms with Gasteiger partial charge in [0.15, 0.2) is 0 Å². The van der Waals surface area contributed by atoms with E-state index in [1.807, 2.05) is 11.9 Å². The summed E-state index contributed by atoms with van der Waals surface area (Å²) >= 11 is 0. The van der Waals surface area contributed by atoms with E-state index in [1.54, 1.807) is 13.0 Å². The Hall–Kier alpha value is -1.66. The zero-order valence-corrected chi connectivity index (χ0v) is 13.7. The Morgan fingerprint density at radius 3 is 2.55 bits per heavy atom. The molecule has 6 nitrogen and oxygen atoms in total. The van der Waals surface area contributed by atoms with Crippen molar-refractivity contribution in [3.05, 3.63) is 39.4 Å². The summed E-state index contributed by atoms with van der Waals surface area (Å²) in [6.07, 6.45) is 2.00. The number of hydrogen-bond donors (Lipinski definition) is 1. The van der Waals surface area contributed by atoms with Gasteiger partial charge in [0.1, 0.15) is 0 Å². The van der Waals surface area contributed by atoms with Crippen molar-refractivity contribution < 1.29 is 9.72 Å². The largest absolute Gasteiger partial charge is 0.339 e. The molecule has 1 aromatic carbocycles. The maximum absolute atomic E-state index is 12.5. The fraction of sp³-hybridized carbons (Fsp3) is 0.533. The number of hydrogen-bond acceptors (Lipinski definition) is 4. The Labute approximate surface area is 136 Å². The second-order valence-corrected chi connectivity index (χ2v) is 5.55. The van der Waals surface area contributed by atoms with Crippen LogP contribution >= 0.6 is 12.4 Å². The van der Waals surface area contributed by atoms with Crippen molar-refractivity contribution in [2.24, 2.45) is 5.92 Å². The van der Waals surface area contributed by atoms with Gasteiger partial charge in [0.25, 0.3) is 11.6 Å². The van der Waals surface area contributed by atoms with Crippen LogP contribution in [0.25, 0.3) is 0 Å². The fourth-order valence-electron chi connectivity index (χ4n) is 2.80. The lowest BCUT2D eigenvalue weighted by Gasteiger charge is -2.32. The molecule has 1 N–H and O–H groups in total. The topological polar surface area (TPSA) is 75.5 Å². The Bertz CT molecular complexity index is 543. The molecule has 1 aliphatic rings. The Morgan fingerprint density at radius 1 is 1.41 bits per heavy atom. The summed E-state index contributed by atoms with van der Waals surface area (Å²) in [6, 6.07) is 4.42. The minimum absolute atomic E-state index is 0. The number of carbonyl (C=O) groups excluding carboxylic acids is 1. The number of nitro groups is 1. The monoisotopic (exact) mass is 327 g/mol. The first kappa shape index (κ1) is 18.4. The third-order valence-electron chi connectivity index (χ3n) is 4.05. The van der Waals surface area contributed by atoms with E-state index in [4.69, 9.17) is 0 Å². The number of nitrogens with one attached hydrogen (secondary N) is 1. The summed E-state index contributed by atoms with van der Waals surface area (Å²) in [6.45, 7) is 4.23. The fourth-order valence-corrected chi connectivity index (χ4v) is 2.80. The van der Waals surface area contributed by atoms with Crippen LogP contribution in [0.2, 0.25) is 0 Å². The van der Waals surface area contributed by atoms with Crippen LogP contribution in [0.3, 0.4) is 0 Å². The van der Waals surface area contributed by atoms with Crippen molar-refractivity contribution >= 4 is 24.0 Å². The summed E-state index contributed by atoms with van der Waals surface area (Å²) in [7, 11) is 1.94. The standard InChI is InChI=1S/C15H21N3O3.ClH/c1-11-9-13(18(20)21)3-4-14(11)15(19)17-7-5-12(6-8-17)10-16-2;/h3-4,9,12,16H,5-8,10H2,1-2H3;1H. The molecule has 1 fully saturated rings. The van der Waals surface area contributed by atoms with Crippen molar-refractivity contribution in [3.8, 4) is 0 Å². The van der Waals surface area contributed by atoms with Gasteiger partial charge in [-0.15, -0.1) is 12.4 Å². The third-order valence-corrected chi connectivity index (χ3v) is 4.05. The molecule has 0 unspecified atom stereocenters. The number of carbonyl (C=O) groups is 1. The van der Waals surface area contributed by atoms with Crippen LogP contribution in [0.15, 0.2) is 18.2 Å². The number of nitro benzene ring substituents is 1. The van der Waals surface area contributed by atoms with E-state index >= 15 is 0 Å². The number of benzene rings is 1. The molecule has 0 saturated carbocycles. The zero-order chi connectivity index (χ0) is 15.4. The highest BCUT2D eigenvalue weighted by Crippen LogP contribution is 2.22. The highest BCUT2D eigenvalue weighted by molar-refractivity contribution is 5.96. The lowest BCUT2D eigenvalue weighted by molar-refractivity contribution is -0.384. The van der Waals surface area contributed by atoms with Crippen molar-refractivity contribution in [2.75, 3.05) is 26.7 Å². The van der Waals surface area contributed by atoms with E-state index < -0.39 is 4.92 Å². The Kier molecular flexibility index (Phi) is 6.77. The number of aryl methyl sites for hydroxylation is 1. The zero-order valence-electron chi connectivity index (χ0n) is 12.9. The number of halogens is 1. The third kappa shape index (κ3) is 4.18. The molecule has 1 aromatic rings. The van der Waals surface area contributed by atoms with Crippen LogP contribution in [0, 0.1) is 23.0 Å². The molecule has 0 atom stereocenters. The van der Waals surface area contributed by atoms with E-state index in [0.717, 1.165) is 32.5 Å². The summed E-state index contributed by atoms with van der Waals surface area (Å²) in [5.41, 5.74) is 1.25. The van der Waals surface area contributed by atoms with Crippen LogP contribution in [0.1, 0.15) is 28.8 Å². The normalized spacial score (nSPS) is 15.3. The molecular formula is C15H22ClN3O3. The van der Waals surface area contributed by atoms with Crippen molar-refractivity contribution in [2.45, 2.75) is 19.8 Å². The predicted octanol–water partition coefficient (Wildman–Crippen LogP) is 2.40. The van der Waals surface area contributed by atoms with Crippen molar-refractivity contribution in [1.82, 2.24) is 10.2 Å². The number of nitrogens with zero attached hydrogens (tertiary/aromatic N) is 2. The lowest BCUT2D eigenvalue weighted by atomic mass is 9.96. The first-order chi connectivity index (χ1) is 10.0. The first-order valence-electron chi connectivity index (χ1n) is 7.22. The van der Waals surface area contributed by atoms with Crippen LogP contribution in [-0.2, 0) is 0 Å². The van der Waals surface area contributed by atoms with Crippen LogP contribution in [-0.4, -0.2) is 42.4 Å². The molecule has 1 heterocycles. The van der Waals surface area contributed by atoms with E-state index in [9.17, 15) is 14.9 Å². The highest BCUT2D eigenvalue weighted by atomic mass is 35.5. The van der Waals surface area contributed by atoms with Crippen molar-refractivity contribution in [3.63, 3.8) is 0 Å². The minimum atomic E-state index is -0.440. The van der Waals surface area contributed by atoms with Gasteiger partial charge in [0, 0.05) is 30.8 Å². The maximum Gasteiger partial charge on any atom is 0.269 e. The molecule has 0 aliphatic carbocycles. The van der Waals surface area contributed by atoms with Gasteiger partial charge < -0.3 is 10.2 Å². The van der Waals surface area contributed by atoms with Crippen LogP contribution in [0.5, 0.6) is 0 Å². The van der Waals surface area contributed by atoms with Gasteiger partial charge in [-0.05, 0) is 50.9 Å². The second-order valence-electron chi connectivity index (χ2n) is 5.55. The number of likely N-dealkylation sites (tertiary alicyclic amines) is 1. The first-order valence-corrected chi connectivity index (χ1v) is 7.22. The number of amides is 1. The average Bonchev–Trinajstić information content (AvgIpc) is 2.47. The molecular weight excluding hydrogens is 306 g/mol. The van der Waals surface area contributed by atoms with E-state index in [1.165, 1.54) is 12.1 Å². The van der Waals surface area contributed by atoms with Crippen LogP contribution < -0.4 is 5.32 Å². The van der Waals surface area contributed by atoms with E-state index in [2.05, 4.69) is 5.32 Å². The van der Waals surface area contributed by atoms with Gasteiger partial charge in [-0.25, -0.2) is 0 Å². The highest BCUT2D eigenvalue weighted by Gasteiger charge is 2.24. The summed E-state index contributed by atoms with van der Waals surface area (Å²) in [5.74, 6) is 0.599. The maximum atomic E-state index is 12.5. The molecule has 1 saturated heterocycles. The molecule has 22 heavy (non-hydrogen) atoms. The Balaban J connectivity index is 0.00000242. The molecule has 7 heteroatoms. The molecule has 2 rings (SSSR count). The van der Waals surface area contributed by atoms with Gasteiger partial charge in [-0.3, -0.25) is 14.9 Å². The van der Waals surface area contributed by atoms with Gasteiger partial charge >= 0.3 is 0 Å². The molecule has 0 spiro atoms. The van der Waals surface area contributed by atoms with Gasteiger partial charge in [-0.1, -0.05) is 0 Å². The van der Waals surface area contributed by atoms with Gasteiger partial charge in [0.2, 0.25) is 0 Å². The molecule has 0 radical (unpaired) electrons. The van der Waals surface area contributed by atoms with E-state index in [-0.39, 0.29) is 24.0 Å². The minimum Gasteiger partial charge on any atom is -0.339 e. The Morgan fingerprint density at radius 2 is 2.05 bits per heavy atom. The second kappa shape index (κ2) is 8.10. The molecule has 122 valence electrons. The average molecular weight is 328 g/mol. The van der Waals surface area contributed by atoms with Crippen LogP contribution in [0.4, 0.5) is 5.69 Å².